The maximum Gasteiger partial charge on any atom is 0.243 e. The fourth-order valence-electron chi connectivity index (χ4n) is 2.06. The molecule has 110 valence electrons. The predicted molar refractivity (Wildman–Crippen MR) is 70.8 cm³/mol. The molecule has 8 heteroatoms. The number of hydrogen-bond acceptors (Lipinski definition) is 4. The monoisotopic (exact) mass is 301 g/mol. The molecule has 0 bridgehead atoms. The Morgan fingerprint density at radius 1 is 1.15 bits per heavy atom. The van der Waals surface area contributed by atoms with Crippen LogP contribution in [-0.4, -0.2) is 56.3 Å². The van der Waals surface area contributed by atoms with Gasteiger partial charge in [-0.25, -0.2) is 12.8 Å². The summed E-state index contributed by atoms with van der Waals surface area (Å²) in [6, 6.07) is 4.70. The maximum absolute atomic E-state index is 12.8. The first kappa shape index (κ1) is 14.9. The molecular formula is C12H16FN3O3S. The SMILES string of the molecule is NCC(=O)N1CCN(S(=O)(=O)c2ccc(F)cc2)CC1. The van der Waals surface area contributed by atoms with Gasteiger partial charge in [0.15, 0.2) is 0 Å². The number of carbonyl (C=O) groups is 1. The molecule has 2 rings (SSSR count). The predicted octanol–water partition coefficient (Wildman–Crippen LogP) is -0.383. The van der Waals surface area contributed by atoms with Crippen LogP contribution in [0, 0.1) is 5.82 Å². The second-order valence-electron chi connectivity index (χ2n) is 4.44. The van der Waals surface area contributed by atoms with Crippen molar-refractivity contribution in [2.24, 2.45) is 5.73 Å². The van der Waals surface area contributed by atoms with Crippen molar-refractivity contribution < 1.29 is 17.6 Å². The summed E-state index contributed by atoms with van der Waals surface area (Å²) in [5.41, 5.74) is 5.27. The number of sulfonamides is 1. The van der Waals surface area contributed by atoms with Crippen molar-refractivity contribution in [2.75, 3.05) is 32.7 Å². The third-order valence-electron chi connectivity index (χ3n) is 3.22. The molecule has 1 heterocycles. The van der Waals surface area contributed by atoms with E-state index in [9.17, 15) is 17.6 Å². The topological polar surface area (TPSA) is 83.7 Å². The number of benzene rings is 1. The van der Waals surface area contributed by atoms with E-state index in [1.165, 1.54) is 21.3 Å². The smallest absolute Gasteiger partial charge is 0.243 e. The van der Waals surface area contributed by atoms with Crippen LogP contribution in [0.1, 0.15) is 0 Å². The van der Waals surface area contributed by atoms with E-state index in [0.29, 0.717) is 13.1 Å². The number of piperazine rings is 1. The van der Waals surface area contributed by atoms with E-state index in [1.54, 1.807) is 0 Å². The lowest BCUT2D eigenvalue weighted by Crippen LogP contribution is -2.51. The van der Waals surface area contributed by atoms with Gasteiger partial charge in [0.05, 0.1) is 11.4 Å². The summed E-state index contributed by atoms with van der Waals surface area (Å²) in [6.45, 7) is 0.981. The Kier molecular flexibility index (Phi) is 4.36. The van der Waals surface area contributed by atoms with Crippen LogP contribution < -0.4 is 5.73 Å². The highest BCUT2D eigenvalue weighted by atomic mass is 32.2. The summed E-state index contributed by atoms with van der Waals surface area (Å²) in [4.78, 5) is 13.0. The first-order valence-corrected chi connectivity index (χ1v) is 7.62. The van der Waals surface area contributed by atoms with Gasteiger partial charge in [-0.2, -0.15) is 4.31 Å². The zero-order valence-corrected chi connectivity index (χ0v) is 11.6. The normalized spacial score (nSPS) is 17.2. The van der Waals surface area contributed by atoms with Crippen molar-refractivity contribution in [3.05, 3.63) is 30.1 Å². The van der Waals surface area contributed by atoms with Gasteiger partial charge in [0.1, 0.15) is 5.82 Å². The molecule has 2 N–H and O–H groups in total. The van der Waals surface area contributed by atoms with Crippen LogP contribution in [0.4, 0.5) is 4.39 Å². The van der Waals surface area contributed by atoms with E-state index in [-0.39, 0.29) is 30.4 Å². The van der Waals surface area contributed by atoms with Gasteiger partial charge in [-0.1, -0.05) is 0 Å². The van der Waals surface area contributed by atoms with Crippen molar-refractivity contribution in [1.29, 1.82) is 0 Å². The fourth-order valence-corrected chi connectivity index (χ4v) is 3.48. The maximum atomic E-state index is 12.8. The lowest BCUT2D eigenvalue weighted by Gasteiger charge is -2.33. The highest BCUT2D eigenvalue weighted by Crippen LogP contribution is 2.17. The first-order chi connectivity index (χ1) is 9.45. The molecule has 1 aromatic rings. The third-order valence-corrected chi connectivity index (χ3v) is 5.13. The van der Waals surface area contributed by atoms with Gasteiger partial charge in [0.2, 0.25) is 15.9 Å². The van der Waals surface area contributed by atoms with Gasteiger partial charge in [-0.3, -0.25) is 4.79 Å². The summed E-state index contributed by atoms with van der Waals surface area (Å²) in [5, 5.41) is 0. The summed E-state index contributed by atoms with van der Waals surface area (Å²) in [6.07, 6.45) is 0. The Labute approximate surface area is 117 Å². The van der Waals surface area contributed by atoms with E-state index in [2.05, 4.69) is 0 Å². The zero-order valence-electron chi connectivity index (χ0n) is 10.8. The van der Waals surface area contributed by atoms with Gasteiger partial charge in [-0.15, -0.1) is 0 Å². The molecule has 1 aliphatic heterocycles. The standard InChI is InChI=1S/C12H16FN3O3S/c13-10-1-3-11(4-2-10)20(18,19)16-7-5-15(6-8-16)12(17)9-14/h1-4H,5-9,14H2. The molecule has 1 saturated heterocycles. The average Bonchev–Trinajstić information content (AvgIpc) is 2.47. The van der Waals surface area contributed by atoms with Crippen molar-refractivity contribution in [1.82, 2.24) is 9.21 Å². The van der Waals surface area contributed by atoms with Gasteiger partial charge in [0.25, 0.3) is 0 Å². The van der Waals surface area contributed by atoms with Gasteiger partial charge >= 0.3 is 0 Å². The minimum atomic E-state index is -3.64. The van der Waals surface area contributed by atoms with E-state index >= 15 is 0 Å². The molecule has 20 heavy (non-hydrogen) atoms. The highest BCUT2D eigenvalue weighted by molar-refractivity contribution is 7.89. The Bertz CT molecular complexity index is 580. The first-order valence-electron chi connectivity index (χ1n) is 6.18. The summed E-state index contributed by atoms with van der Waals surface area (Å²) >= 11 is 0. The molecule has 1 aliphatic rings. The minimum absolute atomic E-state index is 0.0532. The van der Waals surface area contributed by atoms with Crippen LogP contribution in [0.2, 0.25) is 0 Å². The Morgan fingerprint density at radius 2 is 1.70 bits per heavy atom. The van der Waals surface area contributed by atoms with E-state index in [1.807, 2.05) is 0 Å². The van der Waals surface area contributed by atoms with Gasteiger partial charge in [0, 0.05) is 26.2 Å². The summed E-state index contributed by atoms with van der Waals surface area (Å²) in [7, 11) is -3.64. The molecule has 0 atom stereocenters. The Morgan fingerprint density at radius 3 is 2.20 bits per heavy atom. The average molecular weight is 301 g/mol. The van der Waals surface area contributed by atoms with Crippen LogP contribution in [0.25, 0.3) is 0 Å². The quantitative estimate of drug-likeness (QED) is 0.824. The lowest BCUT2D eigenvalue weighted by molar-refractivity contribution is -0.130. The molecule has 0 aliphatic carbocycles. The van der Waals surface area contributed by atoms with Gasteiger partial charge < -0.3 is 10.6 Å². The molecular weight excluding hydrogens is 285 g/mol. The summed E-state index contributed by atoms with van der Waals surface area (Å²) < 4.78 is 38.8. The van der Waals surface area contributed by atoms with Gasteiger partial charge in [-0.05, 0) is 24.3 Å². The lowest BCUT2D eigenvalue weighted by atomic mass is 10.3. The molecule has 0 spiro atoms. The molecule has 1 aromatic carbocycles. The third kappa shape index (κ3) is 2.97. The fraction of sp³-hybridized carbons (Fsp3) is 0.417. The van der Waals surface area contributed by atoms with Crippen LogP contribution in [0.3, 0.4) is 0 Å². The molecule has 0 unspecified atom stereocenters. The van der Waals surface area contributed by atoms with Crippen LogP contribution >= 0.6 is 0 Å². The molecule has 0 radical (unpaired) electrons. The van der Waals surface area contributed by atoms with Crippen LogP contribution in [0.15, 0.2) is 29.2 Å². The number of amides is 1. The molecule has 6 nitrogen and oxygen atoms in total. The molecule has 1 amide bonds. The van der Waals surface area contributed by atoms with Crippen molar-refractivity contribution in [2.45, 2.75) is 4.90 Å². The number of carbonyl (C=O) groups excluding carboxylic acids is 1. The van der Waals surface area contributed by atoms with Crippen molar-refractivity contribution >= 4 is 15.9 Å². The number of rotatable bonds is 3. The number of hydrogen-bond donors (Lipinski definition) is 1. The molecule has 0 saturated carbocycles. The molecule has 1 fully saturated rings. The van der Waals surface area contributed by atoms with Crippen molar-refractivity contribution in [3.63, 3.8) is 0 Å². The van der Waals surface area contributed by atoms with E-state index in [4.69, 9.17) is 5.73 Å². The number of nitrogens with two attached hydrogens (primary N) is 1. The minimum Gasteiger partial charge on any atom is -0.339 e. The second-order valence-corrected chi connectivity index (χ2v) is 6.38. The number of halogens is 1. The largest absolute Gasteiger partial charge is 0.339 e. The molecule has 0 aromatic heterocycles. The van der Waals surface area contributed by atoms with Crippen LogP contribution in [0.5, 0.6) is 0 Å². The zero-order chi connectivity index (χ0) is 14.8. The van der Waals surface area contributed by atoms with Crippen molar-refractivity contribution in [3.8, 4) is 0 Å². The Hall–Kier alpha value is -1.51. The van der Waals surface area contributed by atoms with Crippen LogP contribution in [-0.2, 0) is 14.8 Å². The van der Waals surface area contributed by atoms with E-state index < -0.39 is 15.8 Å². The summed E-state index contributed by atoms with van der Waals surface area (Å²) in [5.74, 6) is -0.675. The number of nitrogens with zero attached hydrogens (tertiary/aromatic N) is 2. The second kappa shape index (κ2) is 5.86. The highest BCUT2D eigenvalue weighted by Gasteiger charge is 2.29. The Balaban J connectivity index is 2.09. The van der Waals surface area contributed by atoms with E-state index in [0.717, 1.165) is 12.1 Å².